The topological polar surface area (TPSA) is 67.3 Å². The normalized spacial score (nSPS) is 10.0. The molecule has 0 aliphatic heterocycles. The van der Waals surface area contributed by atoms with E-state index in [1.54, 1.807) is 24.3 Å². The van der Waals surface area contributed by atoms with Crippen molar-refractivity contribution in [3.05, 3.63) is 40.9 Å². The second-order valence-electron chi connectivity index (χ2n) is 3.03. The highest BCUT2D eigenvalue weighted by Gasteiger charge is 2.08. The maximum absolute atomic E-state index is 10.7. The lowest BCUT2D eigenvalue weighted by Gasteiger charge is -1.97. The van der Waals surface area contributed by atoms with Gasteiger partial charge in [-0.15, -0.1) is 11.3 Å². The average molecular weight is 233 g/mol. The summed E-state index contributed by atoms with van der Waals surface area (Å²) in [6.07, 6.45) is 0.759. The standard InChI is InChI=1S/C11H7NO3S/c13-6-7-4-5-10(16-7)8-2-1-3-9(12-8)11(14)15/h1-6H,(H,14,15). The lowest BCUT2D eigenvalue weighted by atomic mass is 10.2. The maximum atomic E-state index is 10.7. The molecule has 2 rings (SSSR count). The molecular weight excluding hydrogens is 226 g/mol. The zero-order valence-electron chi connectivity index (χ0n) is 8.08. The number of carboxylic acids is 1. The van der Waals surface area contributed by atoms with Crippen molar-refractivity contribution >= 4 is 23.6 Å². The van der Waals surface area contributed by atoms with E-state index >= 15 is 0 Å². The van der Waals surface area contributed by atoms with Crippen LogP contribution in [-0.4, -0.2) is 22.3 Å². The van der Waals surface area contributed by atoms with Gasteiger partial charge in [-0.25, -0.2) is 9.78 Å². The van der Waals surface area contributed by atoms with Gasteiger partial charge in [0, 0.05) is 0 Å². The minimum absolute atomic E-state index is 0.00134. The van der Waals surface area contributed by atoms with Crippen molar-refractivity contribution in [3.63, 3.8) is 0 Å². The first-order valence-electron chi connectivity index (χ1n) is 4.46. The Bertz CT molecular complexity index is 548. The number of rotatable bonds is 3. The van der Waals surface area contributed by atoms with Gasteiger partial charge in [-0.05, 0) is 24.3 Å². The summed E-state index contributed by atoms with van der Waals surface area (Å²) in [6.45, 7) is 0. The molecular formula is C11H7NO3S. The Balaban J connectivity index is 2.43. The van der Waals surface area contributed by atoms with E-state index in [0.717, 1.165) is 11.2 Å². The number of aromatic carboxylic acids is 1. The van der Waals surface area contributed by atoms with Crippen LogP contribution in [0.25, 0.3) is 10.6 Å². The molecule has 0 aromatic carbocycles. The molecule has 2 aromatic rings. The second-order valence-corrected chi connectivity index (χ2v) is 4.15. The largest absolute Gasteiger partial charge is 0.477 e. The van der Waals surface area contributed by atoms with E-state index in [9.17, 15) is 9.59 Å². The Morgan fingerprint density at radius 2 is 2.12 bits per heavy atom. The summed E-state index contributed by atoms with van der Waals surface area (Å²) < 4.78 is 0. The first-order valence-corrected chi connectivity index (χ1v) is 5.28. The van der Waals surface area contributed by atoms with Crippen LogP contribution in [0.3, 0.4) is 0 Å². The van der Waals surface area contributed by atoms with E-state index in [1.165, 1.54) is 17.4 Å². The summed E-state index contributed by atoms with van der Waals surface area (Å²) >= 11 is 1.28. The number of hydrogen-bond acceptors (Lipinski definition) is 4. The summed E-state index contributed by atoms with van der Waals surface area (Å²) in [6, 6.07) is 8.21. The van der Waals surface area contributed by atoms with Gasteiger partial charge >= 0.3 is 5.97 Å². The predicted molar refractivity (Wildman–Crippen MR) is 59.9 cm³/mol. The summed E-state index contributed by atoms with van der Waals surface area (Å²) in [4.78, 5) is 26.6. The van der Waals surface area contributed by atoms with Crippen LogP contribution in [0.2, 0.25) is 0 Å². The molecule has 0 saturated heterocycles. The number of nitrogens with zero attached hydrogens (tertiary/aromatic N) is 1. The van der Waals surface area contributed by atoms with Crippen LogP contribution in [-0.2, 0) is 0 Å². The summed E-state index contributed by atoms with van der Waals surface area (Å²) in [5, 5.41) is 8.79. The van der Waals surface area contributed by atoms with Crippen molar-refractivity contribution in [1.82, 2.24) is 4.98 Å². The van der Waals surface area contributed by atoms with Crippen molar-refractivity contribution in [3.8, 4) is 10.6 Å². The molecule has 0 bridgehead atoms. The molecule has 4 nitrogen and oxygen atoms in total. The molecule has 0 saturated carbocycles. The highest BCUT2D eigenvalue weighted by molar-refractivity contribution is 7.17. The molecule has 0 unspecified atom stereocenters. The van der Waals surface area contributed by atoms with Crippen molar-refractivity contribution in [2.24, 2.45) is 0 Å². The number of thiophene rings is 1. The molecule has 0 atom stereocenters. The van der Waals surface area contributed by atoms with Crippen molar-refractivity contribution in [1.29, 1.82) is 0 Å². The van der Waals surface area contributed by atoms with Crippen molar-refractivity contribution in [2.75, 3.05) is 0 Å². The fourth-order valence-electron chi connectivity index (χ4n) is 1.24. The molecule has 0 aliphatic rings. The Morgan fingerprint density at radius 3 is 2.75 bits per heavy atom. The van der Waals surface area contributed by atoms with E-state index < -0.39 is 5.97 Å². The van der Waals surface area contributed by atoms with E-state index in [4.69, 9.17) is 5.11 Å². The monoisotopic (exact) mass is 233 g/mol. The van der Waals surface area contributed by atoms with Crippen LogP contribution in [0.1, 0.15) is 20.2 Å². The molecule has 0 aliphatic carbocycles. The number of carbonyl (C=O) groups excluding carboxylic acids is 1. The SMILES string of the molecule is O=Cc1ccc(-c2cccc(C(=O)O)n2)s1. The van der Waals surface area contributed by atoms with Crippen LogP contribution < -0.4 is 0 Å². The van der Waals surface area contributed by atoms with Gasteiger partial charge < -0.3 is 5.11 Å². The molecule has 0 fully saturated rings. The highest BCUT2D eigenvalue weighted by atomic mass is 32.1. The van der Waals surface area contributed by atoms with Gasteiger partial charge in [0.05, 0.1) is 15.4 Å². The third kappa shape index (κ3) is 1.99. The van der Waals surface area contributed by atoms with Gasteiger partial charge in [0.2, 0.25) is 0 Å². The van der Waals surface area contributed by atoms with Gasteiger partial charge in [0.25, 0.3) is 0 Å². The highest BCUT2D eigenvalue weighted by Crippen LogP contribution is 2.25. The molecule has 0 spiro atoms. The van der Waals surface area contributed by atoms with Crippen LogP contribution in [0, 0.1) is 0 Å². The number of carboxylic acid groups (broad SMARTS) is 1. The third-order valence-electron chi connectivity index (χ3n) is 1.96. The van der Waals surface area contributed by atoms with Gasteiger partial charge in [0.15, 0.2) is 6.29 Å². The molecule has 2 heterocycles. The Labute approximate surface area is 95.2 Å². The third-order valence-corrected chi connectivity index (χ3v) is 3.00. The Morgan fingerprint density at radius 1 is 1.31 bits per heavy atom. The molecule has 0 radical (unpaired) electrons. The fraction of sp³-hybridized carbons (Fsp3) is 0. The minimum Gasteiger partial charge on any atom is -0.477 e. The Hall–Kier alpha value is -2.01. The number of pyridine rings is 1. The lowest BCUT2D eigenvalue weighted by Crippen LogP contribution is -1.99. The first kappa shape index (κ1) is 10.5. The first-order chi connectivity index (χ1) is 7.70. The lowest BCUT2D eigenvalue weighted by molar-refractivity contribution is 0.0690. The van der Waals surface area contributed by atoms with E-state index in [2.05, 4.69) is 4.98 Å². The predicted octanol–water partition coefficient (Wildman–Crippen LogP) is 2.32. The Kier molecular flexibility index (Phi) is 2.78. The number of aromatic nitrogens is 1. The minimum atomic E-state index is -1.06. The van der Waals surface area contributed by atoms with Gasteiger partial charge in [-0.2, -0.15) is 0 Å². The van der Waals surface area contributed by atoms with E-state index in [-0.39, 0.29) is 5.69 Å². The van der Waals surface area contributed by atoms with Crippen LogP contribution in [0.15, 0.2) is 30.3 Å². The van der Waals surface area contributed by atoms with Crippen molar-refractivity contribution in [2.45, 2.75) is 0 Å². The summed E-state index contributed by atoms with van der Waals surface area (Å²) in [5.41, 5.74) is 0.566. The number of carbonyl (C=O) groups is 2. The number of hydrogen-bond donors (Lipinski definition) is 1. The number of aldehydes is 1. The smallest absolute Gasteiger partial charge is 0.354 e. The summed E-state index contributed by atoms with van der Waals surface area (Å²) in [5.74, 6) is -1.06. The molecule has 1 N–H and O–H groups in total. The molecule has 0 amide bonds. The van der Waals surface area contributed by atoms with Crippen LogP contribution >= 0.6 is 11.3 Å². The average Bonchev–Trinajstić information content (AvgIpc) is 2.77. The molecule has 80 valence electrons. The van der Waals surface area contributed by atoms with E-state index in [0.29, 0.717) is 10.6 Å². The van der Waals surface area contributed by atoms with Gasteiger partial charge in [-0.1, -0.05) is 6.07 Å². The van der Waals surface area contributed by atoms with E-state index in [1.807, 2.05) is 0 Å². The molecule has 16 heavy (non-hydrogen) atoms. The quantitative estimate of drug-likeness (QED) is 0.826. The molecule has 2 aromatic heterocycles. The zero-order chi connectivity index (χ0) is 11.5. The summed E-state index contributed by atoms with van der Waals surface area (Å²) in [7, 11) is 0. The maximum Gasteiger partial charge on any atom is 0.354 e. The van der Waals surface area contributed by atoms with Gasteiger partial charge in [0.1, 0.15) is 5.69 Å². The van der Waals surface area contributed by atoms with Gasteiger partial charge in [-0.3, -0.25) is 4.79 Å². The van der Waals surface area contributed by atoms with Crippen LogP contribution in [0.5, 0.6) is 0 Å². The zero-order valence-corrected chi connectivity index (χ0v) is 8.90. The second kappa shape index (κ2) is 4.24. The van der Waals surface area contributed by atoms with Crippen molar-refractivity contribution < 1.29 is 14.7 Å². The molecule has 5 heteroatoms. The van der Waals surface area contributed by atoms with Crippen LogP contribution in [0.4, 0.5) is 0 Å². The fourth-order valence-corrected chi connectivity index (χ4v) is 2.04.